The van der Waals surface area contributed by atoms with Crippen LogP contribution >= 0.6 is 23.1 Å². The van der Waals surface area contributed by atoms with Crippen molar-refractivity contribution in [3.8, 4) is 0 Å². The number of rotatable bonds is 6. The Balaban J connectivity index is 1.82. The van der Waals surface area contributed by atoms with Gasteiger partial charge in [-0.15, -0.1) is 27.0 Å². The van der Waals surface area contributed by atoms with Crippen molar-refractivity contribution in [2.45, 2.75) is 15.8 Å². The molecule has 0 atom stereocenters. The van der Waals surface area contributed by atoms with Crippen molar-refractivity contribution in [3.05, 3.63) is 30.6 Å². The van der Waals surface area contributed by atoms with Crippen molar-refractivity contribution in [2.75, 3.05) is 11.9 Å². The predicted octanol–water partition coefficient (Wildman–Crippen LogP) is 2.66. The second kappa shape index (κ2) is 6.32. The summed E-state index contributed by atoms with van der Waals surface area (Å²) in [7, 11) is 0. The van der Waals surface area contributed by atoms with Gasteiger partial charge in [0.15, 0.2) is 9.99 Å². The third-order valence-electron chi connectivity index (χ3n) is 2.45. The van der Waals surface area contributed by atoms with E-state index in [2.05, 4.69) is 37.4 Å². The van der Waals surface area contributed by atoms with Crippen molar-refractivity contribution in [1.82, 2.24) is 30.0 Å². The molecule has 0 fully saturated rings. The standard InChI is InChI=1S/C11H9F2N7S2/c1-2-5-14-10-17-18-11(22-10)21-7-4-3-6-15-16-9(8(12)13)20(6)19-7/h2-4,8H,1,5H2,(H,14,17). The van der Waals surface area contributed by atoms with Crippen LogP contribution in [0.5, 0.6) is 0 Å². The molecule has 0 aliphatic heterocycles. The summed E-state index contributed by atoms with van der Waals surface area (Å²) in [4.78, 5) is 0. The van der Waals surface area contributed by atoms with Gasteiger partial charge in [0.1, 0.15) is 5.03 Å². The summed E-state index contributed by atoms with van der Waals surface area (Å²) in [5.41, 5.74) is 0.269. The fraction of sp³-hybridized carbons (Fsp3) is 0.182. The minimum absolute atomic E-state index is 0.269. The third-order valence-corrected chi connectivity index (χ3v) is 4.31. The third kappa shape index (κ3) is 3.04. The number of hydrogen-bond acceptors (Lipinski definition) is 8. The highest BCUT2D eigenvalue weighted by molar-refractivity contribution is 8.01. The first-order valence-electron chi connectivity index (χ1n) is 6.04. The summed E-state index contributed by atoms with van der Waals surface area (Å²) in [6, 6.07) is 3.24. The zero-order chi connectivity index (χ0) is 15.5. The van der Waals surface area contributed by atoms with Crippen molar-refractivity contribution in [3.63, 3.8) is 0 Å². The van der Waals surface area contributed by atoms with Gasteiger partial charge in [-0.1, -0.05) is 17.4 Å². The molecule has 0 aliphatic rings. The summed E-state index contributed by atoms with van der Waals surface area (Å²) in [6.45, 7) is 4.18. The number of nitrogens with zero attached hydrogens (tertiary/aromatic N) is 6. The molecule has 1 N–H and O–H groups in total. The summed E-state index contributed by atoms with van der Waals surface area (Å²) in [6.07, 6.45) is -1.03. The Morgan fingerprint density at radius 1 is 1.32 bits per heavy atom. The average molecular weight is 341 g/mol. The van der Waals surface area contributed by atoms with E-state index in [9.17, 15) is 8.78 Å². The van der Waals surface area contributed by atoms with Crippen molar-refractivity contribution >= 4 is 33.9 Å². The summed E-state index contributed by atoms with van der Waals surface area (Å²) in [5.74, 6) is -0.483. The van der Waals surface area contributed by atoms with Crippen molar-refractivity contribution in [1.29, 1.82) is 0 Å². The van der Waals surface area contributed by atoms with Crippen LogP contribution in [0.1, 0.15) is 12.2 Å². The first-order chi connectivity index (χ1) is 10.7. The number of nitrogens with one attached hydrogen (secondary N) is 1. The normalized spacial score (nSPS) is 11.2. The summed E-state index contributed by atoms with van der Waals surface area (Å²) < 4.78 is 27.3. The molecular formula is C11H9F2N7S2. The maximum absolute atomic E-state index is 12.8. The van der Waals surface area contributed by atoms with Gasteiger partial charge in [0, 0.05) is 6.54 Å². The lowest BCUT2D eigenvalue weighted by atomic mass is 10.5. The molecule has 0 unspecified atom stereocenters. The van der Waals surface area contributed by atoms with E-state index in [1.165, 1.54) is 23.1 Å². The van der Waals surface area contributed by atoms with Gasteiger partial charge in [-0.25, -0.2) is 8.78 Å². The molecule has 0 radical (unpaired) electrons. The van der Waals surface area contributed by atoms with E-state index in [0.29, 0.717) is 21.0 Å². The van der Waals surface area contributed by atoms with Crippen LogP contribution in [0.25, 0.3) is 5.65 Å². The molecule has 3 heterocycles. The second-order valence-corrected chi connectivity index (χ2v) is 6.19. The zero-order valence-electron chi connectivity index (χ0n) is 11.0. The molecule has 0 saturated heterocycles. The maximum atomic E-state index is 12.8. The van der Waals surface area contributed by atoms with Crippen LogP contribution < -0.4 is 5.32 Å². The van der Waals surface area contributed by atoms with Crippen LogP contribution in [0.4, 0.5) is 13.9 Å². The predicted molar refractivity (Wildman–Crippen MR) is 78.5 cm³/mol. The molecule has 0 amide bonds. The van der Waals surface area contributed by atoms with Gasteiger partial charge in [-0.3, -0.25) is 0 Å². The van der Waals surface area contributed by atoms with Crippen LogP contribution in [0.2, 0.25) is 0 Å². The summed E-state index contributed by atoms with van der Waals surface area (Å²) >= 11 is 2.57. The number of fused-ring (bicyclic) bond motifs is 1. The van der Waals surface area contributed by atoms with E-state index in [0.717, 1.165) is 4.52 Å². The lowest BCUT2D eigenvalue weighted by Gasteiger charge is -1.99. The number of hydrogen-bond donors (Lipinski definition) is 1. The Labute approximate surface area is 131 Å². The number of anilines is 1. The van der Waals surface area contributed by atoms with Gasteiger partial charge in [0.05, 0.1) is 0 Å². The minimum Gasteiger partial charge on any atom is -0.357 e. The maximum Gasteiger partial charge on any atom is 0.299 e. The van der Waals surface area contributed by atoms with Gasteiger partial charge >= 0.3 is 0 Å². The molecule has 7 nitrogen and oxygen atoms in total. The van der Waals surface area contributed by atoms with Gasteiger partial charge in [0.25, 0.3) is 6.43 Å². The van der Waals surface area contributed by atoms with Crippen LogP contribution in [0, 0.1) is 0 Å². The molecular weight excluding hydrogens is 332 g/mol. The SMILES string of the molecule is C=CCNc1nnc(Sc2ccc3nnc(C(F)F)n3n2)s1. The molecule has 114 valence electrons. The first kappa shape index (κ1) is 14.8. The van der Waals surface area contributed by atoms with Crippen molar-refractivity contribution < 1.29 is 8.78 Å². The Kier molecular flexibility index (Phi) is 4.24. The second-order valence-electron chi connectivity index (χ2n) is 3.95. The zero-order valence-corrected chi connectivity index (χ0v) is 12.6. The fourth-order valence-electron chi connectivity index (χ4n) is 1.55. The number of halogens is 2. The van der Waals surface area contributed by atoms with E-state index in [-0.39, 0.29) is 5.65 Å². The van der Waals surface area contributed by atoms with Crippen molar-refractivity contribution in [2.24, 2.45) is 0 Å². The lowest BCUT2D eigenvalue weighted by molar-refractivity contribution is 0.137. The molecule has 0 aromatic carbocycles. The van der Waals surface area contributed by atoms with Gasteiger partial charge in [-0.2, -0.15) is 9.61 Å². The van der Waals surface area contributed by atoms with E-state index < -0.39 is 12.2 Å². The van der Waals surface area contributed by atoms with E-state index >= 15 is 0 Å². The van der Waals surface area contributed by atoms with E-state index in [1.807, 2.05) is 0 Å². The van der Waals surface area contributed by atoms with Gasteiger partial charge in [-0.05, 0) is 23.9 Å². The quantitative estimate of drug-likeness (QED) is 0.690. The van der Waals surface area contributed by atoms with E-state index in [4.69, 9.17) is 0 Å². The highest BCUT2D eigenvalue weighted by Gasteiger charge is 2.17. The van der Waals surface area contributed by atoms with Crippen LogP contribution in [-0.2, 0) is 0 Å². The van der Waals surface area contributed by atoms with Crippen LogP contribution in [-0.4, -0.2) is 36.6 Å². The van der Waals surface area contributed by atoms with Crippen LogP contribution in [0.3, 0.4) is 0 Å². The summed E-state index contributed by atoms with van der Waals surface area (Å²) in [5, 5.41) is 23.3. The Morgan fingerprint density at radius 2 is 2.18 bits per heavy atom. The first-order valence-corrected chi connectivity index (χ1v) is 7.67. The molecule has 0 spiro atoms. The largest absolute Gasteiger partial charge is 0.357 e. The average Bonchev–Trinajstić information content (AvgIpc) is 3.11. The minimum atomic E-state index is -2.74. The molecule has 22 heavy (non-hydrogen) atoms. The Bertz CT molecular complexity index is 801. The smallest absolute Gasteiger partial charge is 0.299 e. The molecule has 3 aromatic rings. The van der Waals surface area contributed by atoms with Gasteiger partial charge < -0.3 is 5.32 Å². The molecule has 11 heteroatoms. The van der Waals surface area contributed by atoms with Gasteiger partial charge in [0.2, 0.25) is 11.0 Å². The fourth-order valence-corrected chi connectivity index (χ4v) is 3.21. The van der Waals surface area contributed by atoms with Crippen LogP contribution in [0.15, 0.2) is 34.2 Å². The topological polar surface area (TPSA) is 80.9 Å². The molecule has 0 aliphatic carbocycles. The lowest BCUT2D eigenvalue weighted by Crippen LogP contribution is -2.00. The number of alkyl halides is 2. The monoisotopic (exact) mass is 341 g/mol. The Morgan fingerprint density at radius 3 is 2.95 bits per heavy atom. The molecule has 3 aromatic heterocycles. The Hall–Kier alpha value is -2.14. The highest BCUT2D eigenvalue weighted by Crippen LogP contribution is 2.31. The molecule has 0 saturated carbocycles. The highest BCUT2D eigenvalue weighted by atomic mass is 32.2. The number of aromatic nitrogens is 6. The molecule has 3 rings (SSSR count). The molecule has 0 bridgehead atoms. The van der Waals surface area contributed by atoms with E-state index in [1.54, 1.807) is 18.2 Å².